The van der Waals surface area contributed by atoms with Crippen LogP contribution >= 0.6 is 0 Å². The molecule has 4 nitrogen and oxygen atoms in total. The smallest absolute Gasteiger partial charge is 0.315 e. The largest absolute Gasteiger partial charge is 0.387 e. The van der Waals surface area contributed by atoms with Crippen molar-refractivity contribution in [3.8, 4) is 0 Å². The standard InChI is InChI=1S/C20H24N2O2/c1-14-7-5-6-10-17(14)18(23)13-21-20(24)22-19(16-11-12-16)15-8-3-2-4-9-15/h2-10,16,18-19,23H,11-13H2,1H3,(H2,21,22,24). The summed E-state index contributed by atoms with van der Waals surface area (Å²) in [6, 6.07) is 17.5. The van der Waals surface area contributed by atoms with Gasteiger partial charge in [0.1, 0.15) is 0 Å². The summed E-state index contributed by atoms with van der Waals surface area (Å²) in [6.07, 6.45) is 1.59. The van der Waals surface area contributed by atoms with Crippen LogP contribution in [0.5, 0.6) is 0 Å². The number of benzene rings is 2. The highest BCUT2D eigenvalue weighted by atomic mass is 16.3. The quantitative estimate of drug-likeness (QED) is 0.762. The number of aliphatic hydroxyl groups is 1. The lowest BCUT2D eigenvalue weighted by Gasteiger charge is -2.20. The molecule has 1 fully saturated rings. The summed E-state index contributed by atoms with van der Waals surface area (Å²) in [5, 5.41) is 16.1. The molecule has 24 heavy (non-hydrogen) atoms. The molecule has 126 valence electrons. The van der Waals surface area contributed by atoms with E-state index in [-0.39, 0.29) is 18.6 Å². The molecule has 0 radical (unpaired) electrons. The van der Waals surface area contributed by atoms with Crippen LogP contribution in [0.1, 0.15) is 41.7 Å². The minimum absolute atomic E-state index is 0.0433. The number of aliphatic hydroxyl groups excluding tert-OH is 1. The second-order valence-corrected chi connectivity index (χ2v) is 6.45. The van der Waals surface area contributed by atoms with Crippen LogP contribution in [0, 0.1) is 12.8 Å². The molecule has 0 heterocycles. The van der Waals surface area contributed by atoms with Gasteiger partial charge in [0.15, 0.2) is 0 Å². The molecule has 1 saturated carbocycles. The molecule has 1 aliphatic carbocycles. The Morgan fingerprint density at radius 1 is 1.12 bits per heavy atom. The van der Waals surface area contributed by atoms with Gasteiger partial charge in [-0.25, -0.2) is 4.79 Å². The lowest BCUT2D eigenvalue weighted by atomic mass is 10.0. The summed E-state index contributed by atoms with van der Waals surface area (Å²) < 4.78 is 0. The summed E-state index contributed by atoms with van der Waals surface area (Å²) in [5.74, 6) is 0.513. The van der Waals surface area contributed by atoms with Crippen molar-refractivity contribution in [2.45, 2.75) is 31.9 Å². The number of aryl methyl sites for hydroxylation is 1. The van der Waals surface area contributed by atoms with Crippen LogP contribution in [-0.2, 0) is 0 Å². The van der Waals surface area contributed by atoms with Gasteiger partial charge in [-0.2, -0.15) is 0 Å². The van der Waals surface area contributed by atoms with Crippen LogP contribution < -0.4 is 10.6 Å². The maximum atomic E-state index is 12.2. The van der Waals surface area contributed by atoms with Gasteiger partial charge in [0.2, 0.25) is 0 Å². The minimum atomic E-state index is -0.701. The van der Waals surface area contributed by atoms with E-state index in [9.17, 15) is 9.90 Å². The zero-order valence-corrected chi connectivity index (χ0v) is 13.9. The molecule has 3 rings (SSSR count). The summed E-state index contributed by atoms with van der Waals surface area (Å²) in [5.41, 5.74) is 3.00. The molecule has 0 bridgehead atoms. The fourth-order valence-corrected chi connectivity index (χ4v) is 3.02. The fourth-order valence-electron chi connectivity index (χ4n) is 3.02. The average Bonchev–Trinajstić information content (AvgIpc) is 3.43. The van der Waals surface area contributed by atoms with E-state index in [0.29, 0.717) is 5.92 Å². The van der Waals surface area contributed by atoms with E-state index in [1.165, 1.54) is 0 Å². The number of hydrogen-bond donors (Lipinski definition) is 3. The highest BCUT2D eigenvalue weighted by molar-refractivity contribution is 5.74. The van der Waals surface area contributed by atoms with E-state index in [2.05, 4.69) is 10.6 Å². The summed E-state index contributed by atoms with van der Waals surface area (Å²) in [6.45, 7) is 2.15. The maximum absolute atomic E-state index is 12.2. The van der Waals surface area contributed by atoms with E-state index in [0.717, 1.165) is 29.5 Å². The van der Waals surface area contributed by atoms with Gasteiger partial charge in [0.05, 0.1) is 12.1 Å². The Hall–Kier alpha value is -2.33. The Kier molecular flexibility index (Phi) is 5.16. The second kappa shape index (κ2) is 7.49. The van der Waals surface area contributed by atoms with E-state index in [4.69, 9.17) is 0 Å². The predicted molar refractivity (Wildman–Crippen MR) is 94.6 cm³/mol. The normalized spacial score (nSPS) is 16.2. The van der Waals surface area contributed by atoms with E-state index >= 15 is 0 Å². The van der Waals surface area contributed by atoms with E-state index < -0.39 is 6.10 Å². The second-order valence-electron chi connectivity index (χ2n) is 6.45. The molecule has 2 aromatic carbocycles. The summed E-state index contributed by atoms with van der Waals surface area (Å²) in [7, 11) is 0. The molecule has 0 spiro atoms. The average molecular weight is 324 g/mol. The van der Waals surface area contributed by atoms with Crippen LogP contribution in [0.4, 0.5) is 4.79 Å². The van der Waals surface area contributed by atoms with Gasteiger partial charge < -0.3 is 15.7 Å². The summed E-state index contributed by atoms with van der Waals surface area (Å²) in [4.78, 5) is 12.2. The third kappa shape index (κ3) is 4.15. The number of amides is 2. The zero-order chi connectivity index (χ0) is 16.9. The number of carbonyl (C=O) groups excluding carboxylic acids is 1. The van der Waals surface area contributed by atoms with E-state index in [1.54, 1.807) is 0 Å². The molecule has 1 aliphatic rings. The van der Waals surface area contributed by atoms with Crippen LogP contribution in [-0.4, -0.2) is 17.7 Å². The Morgan fingerprint density at radius 3 is 2.46 bits per heavy atom. The molecule has 4 heteroatoms. The SMILES string of the molecule is Cc1ccccc1C(O)CNC(=O)NC(c1ccccc1)C1CC1. The predicted octanol–water partition coefficient (Wildman–Crippen LogP) is 3.48. The highest BCUT2D eigenvalue weighted by Gasteiger charge is 2.33. The van der Waals surface area contributed by atoms with Crippen molar-refractivity contribution in [2.75, 3.05) is 6.54 Å². The molecule has 2 unspecified atom stereocenters. The third-order valence-corrected chi connectivity index (χ3v) is 4.54. The van der Waals surface area contributed by atoms with Gasteiger partial charge in [-0.1, -0.05) is 54.6 Å². The van der Waals surface area contributed by atoms with Gasteiger partial charge in [-0.3, -0.25) is 0 Å². The topological polar surface area (TPSA) is 61.4 Å². The third-order valence-electron chi connectivity index (χ3n) is 4.54. The molecular formula is C20H24N2O2. The van der Waals surface area contributed by atoms with Gasteiger partial charge >= 0.3 is 6.03 Å². The lowest BCUT2D eigenvalue weighted by Crippen LogP contribution is -2.40. The first kappa shape index (κ1) is 16.5. The monoisotopic (exact) mass is 324 g/mol. The molecule has 2 aromatic rings. The highest BCUT2D eigenvalue weighted by Crippen LogP contribution is 2.40. The van der Waals surface area contributed by atoms with Crippen molar-refractivity contribution in [3.63, 3.8) is 0 Å². The lowest BCUT2D eigenvalue weighted by molar-refractivity contribution is 0.171. The maximum Gasteiger partial charge on any atom is 0.315 e. The van der Waals surface area contributed by atoms with Gasteiger partial charge in [-0.15, -0.1) is 0 Å². The molecule has 3 N–H and O–H groups in total. The first-order chi connectivity index (χ1) is 11.6. The first-order valence-electron chi connectivity index (χ1n) is 8.48. The number of urea groups is 1. The number of nitrogens with one attached hydrogen (secondary N) is 2. The minimum Gasteiger partial charge on any atom is -0.387 e. The van der Waals surface area contributed by atoms with Gasteiger partial charge in [0.25, 0.3) is 0 Å². The molecule has 2 atom stereocenters. The molecule has 0 saturated heterocycles. The van der Waals surface area contributed by atoms with Crippen LogP contribution in [0.15, 0.2) is 54.6 Å². The Labute approximate surface area is 142 Å². The van der Waals surface area contributed by atoms with Crippen LogP contribution in [0.25, 0.3) is 0 Å². The Bertz CT molecular complexity index is 683. The number of hydrogen-bond acceptors (Lipinski definition) is 2. The molecular weight excluding hydrogens is 300 g/mol. The van der Waals surface area contributed by atoms with Crippen molar-refractivity contribution < 1.29 is 9.90 Å². The Balaban J connectivity index is 1.56. The Morgan fingerprint density at radius 2 is 1.79 bits per heavy atom. The van der Waals surface area contributed by atoms with Crippen LogP contribution in [0.2, 0.25) is 0 Å². The van der Waals surface area contributed by atoms with Gasteiger partial charge in [-0.05, 0) is 42.4 Å². The summed E-state index contributed by atoms with van der Waals surface area (Å²) >= 11 is 0. The fraction of sp³-hybridized carbons (Fsp3) is 0.350. The van der Waals surface area contributed by atoms with Crippen molar-refractivity contribution in [3.05, 3.63) is 71.3 Å². The van der Waals surface area contributed by atoms with Crippen molar-refractivity contribution in [1.29, 1.82) is 0 Å². The van der Waals surface area contributed by atoms with E-state index in [1.807, 2.05) is 61.5 Å². The number of carbonyl (C=O) groups is 1. The van der Waals surface area contributed by atoms with Crippen molar-refractivity contribution in [2.24, 2.45) is 5.92 Å². The molecule has 2 amide bonds. The first-order valence-corrected chi connectivity index (χ1v) is 8.48. The van der Waals surface area contributed by atoms with Crippen molar-refractivity contribution >= 4 is 6.03 Å². The molecule has 0 aromatic heterocycles. The van der Waals surface area contributed by atoms with Crippen LogP contribution in [0.3, 0.4) is 0 Å². The number of rotatable bonds is 6. The van der Waals surface area contributed by atoms with Gasteiger partial charge in [0, 0.05) is 6.54 Å². The van der Waals surface area contributed by atoms with Crippen molar-refractivity contribution in [1.82, 2.24) is 10.6 Å². The zero-order valence-electron chi connectivity index (χ0n) is 13.9. The molecule has 0 aliphatic heterocycles.